The van der Waals surface area contributed by atoms with Crippen molar-refractivity contribution in [3.8, 4) is 0 Å². The van der Waals surface area contributed by atoms with E-state index in [0.717, 1.165) is 18.1 Å². The van der Waals surface area contributed by atoms with E-state index in [1.54, 1.807) is 54.4 Å². The number of nitrogens with one attached hydrogen (secondary N) is 2. The van der Waals surface area contributed by atoms with Gasteiger partial charge in [-0.15, -0.1) is 0 Å². The average Bonchev–Trinajstić information content (AvgIpc) is 2.48. The molecule has 0 saturated carbocycles. The van der Waals surface area contributed by atoms with Crippen LogP contribution >= 0.6 is 23.4 Å². The van der Waals surface area contributed by atoms with E-state index in [2.05, 4.69) is 21.9 Å². The van der Waals surface area contributed by atoms with Gasteiger partial charge in [0.15, 0.2) is 0 Å². The summed E-state index contributed by atoms with van der Waals surface area (Å²) >= 11 is 7.65. The highest BCUT2D eigenvalue weighted by Gasteiger charge is 2.07. The molecular formula is C15H16ClN3OS. The summed E-state index contributed by atoms with van der Waals surface area (Å²) in [5.41, 5.74) is 1.17. The zero-order valence-corrected chi connectivity index (χ0v) is 13.2. The van der Waals surface area contributed by atoms with E-state index in [4.69, 9.17) is 11.6 Å². The first-order chi connectivity index (χ1) is 10.2. The van der Waals surface area contributed by atoms with Crippen LogP contribution < -0.4 is 10.6 Å². The van der Waals surface area contributed by atoms with E-state index < -0.39 is 0 Å². The molecule has 1 aromatic carbocycles. The molecule has 0 atom stereocenters. The standard InChI is InChI=1S/C15H16ClN3OS/c1-21-8-7-17-14-6-5-11(10-18-14)15(20)19-13-4-2-3-12(16)9-13/h2-6,9-10H,7-8H2,1H3,(H,17,18)(H,19,20). The Kier molecular flexibility index (Phi) is 5.90. The number of carbonyl (C=O) groups excluding carboxylic acids is 1. The molecule has 2 N–H and O–H groups in total. The molecule has 1 heterocycles. The Labute approximate surface area is 133 Å². The van der Waals surface area contributed by atoms with Gasteiger partial charge in [-0.2, -0.15) is 11.8 Å². The van der Waals surface area contributed by atoms with Crippen molar-refractivity contribution in [2.24, 2.45) is 0 Å². The highest BCUT2D eigenvalue weighted by atomic mass is 35.5. The zero-order valence-electron chi connectivity index (χ0n) is 11.6. The first kappa shape index (κ1) is 15.7. The maximum absolute atomic E-state index is 12.1. The second-order valence-corrected chi connectivity index (χ2v) is 5.74. The Balaban J connectivity index is 1.96. The number of anilines is 2. The first-order valence-electron chi connectivity index (χ1n) is 6.45. The molecule has 0 fully saturated rings. The number of nitrogens with zero attached hydrogens (tertiary/aromatic N) is 1. The normalized spacial score (nSPS) is 10.2. The number of carbonyl (C=O) groups is 1. The van der Waals surface area contributed by atoms with Gasteiger partial charge in [0.25, 0.3) is 5.91 Å². The maximum Gasteiger partial charge on any atom is 0.257 e. The van der Waals surface area contributed by atoms with E-state index in [-0.39, 0.29) is 5.91 Å². The molecule has 0 bridgehead atoms. The zero-order chi connectivity index (χ0) is 15.1. The lowest BCUT2D eigenvalue weighted by Gasteiger charge is -2.07. The summed E-state index contributed by atoms with van der Waals surface area (Å²) in [4.78, 5) is 16.3. The fraction of sp³-hybridized carbons (Fsp3) is 0.200. The van der Waals surface area contributed by atoms with Crippen molar-refractivity contribution < 1.29 is 4.79 Å². The van der Waals surface area contributed by atoms with E-state index in [1.807, 2.05) is 0 Å². The van der Waals surface area contributed by atoms with E-state index in [1.165, 1.54) is 0 Å². The van der Waals surface area contributed by atoms with Crippen LogP contribution in [0.15, 0.2) is 42.6 Å². The van der Waals surface area contributed by atoms with Crippen molar-refractivity contribution in [1.29, 1.82) is 0 Å². The first-order valence-corrected chi connectivity index (χ1v) is 8.22. The fourth-order valence-electron chi connectivity index (χ4n) is 1.68. The number of hydrogen-bond acceptors (Lipinski definition) is 4. The van der Waals surface area contributed by atoms with Gasteiger partial charge in [-0.3, -0.25) is 4.79 Å². The summed E-state index contributed by atoms with van der Waals surface area (Å²) < 4.78 is 0. The van der Waals surface area contributed by atoms with Crippen molar-refractivity contribution in [2.45, 2.75) is 0 Å². The summed E-state index contributed by atoms with van der Waals surface area (Å²) in [6.45, 7) is 0.849. The Bertz CT molecular complexity index is 604. The fourth-order valence-corrected chi connectivity index (χ4v) is 2.18. The molecule has 6 heteroatoms. The Morgan fingerprint density at radius 2 is 2.19 bits per heavy atom. The Morgan fingerprint density at radius 3 is 2.86 bits per heavy atom. The SMILES string of the molecule is CSCCNc1ccc(C(=O)Nc2cccc(Cl)c2)cn1. The number of amides is 1. The van der Waals surface area contributed by atoms with Crippen LogP contribution in [0.3, 0.4) is 0 Å². The molecule has 21 heavy (non-hydrogen) atoms. The van der Waals surface area contributed by atoms with Gasteiger partial charge in [0.05, 0.1) is 5.56 Å². The lowest BCUT2D eigenvalue weighted by atomic mass is 10.2. The summed E-state index contributed by atoms with van der Waals surface area (Å²) in [6, 6.07) is 10.6. The lowest BCUT2D eigenvalue weighted by Crippen LogP contribution is -2.12. The molecule has 0 unspecified atom stereocenters. The van der Waals surface area contributed by atoms with E-state index >= 15 is 0 Å². The second kappa shape index (κ2) is 7.90. The largest absolute Gasteiger partial charge is 0.369 e. The van der Waals surface area contributed by atoms with E-state index in [9.17, 15) is 4.79 Å². The monoisotopic (exact) mass is 321 g/mol. The molecule has 0 saturated heterocycles. The molecule has 2 aromatic rings. The van der Waals surface area contributed by atoms with Crippen LogP contribution in [0.5, 0.6) is 0 Å². The summed E-state index contributed by atoms with van der Waals surface area (Å²) in [5, 5.41) is 6.55. The molecule has 4 nitrogen and oxygen atoms in total. The predicted octanol–water partition coefficient (Wildman–Crippen LogP) is 3.76. The van der Waals surface area contributed by atoms with Crippen LogP contribution in [-0.4, -0.2) is 29.4 Å². The van der Waals surface area contributed by atoms with Gasteiger partial charge in [-0.1, -0.05) is 17.7 Å². The minimum absolute atomic E-state index is 0.208. The number of benzene rings is 1. The van der Waals surface area contributed by atoms with E-state index in [0.29, 0.717) is 16.3 Å². The van der Waals surface area contributed by atoms with Crippen molar-refractivity contribution in [3.63, 3.8) is 0 Å². The topological polar surface area (TPSA) is 54.0 Å². The number of pyridine rings is 1. The third-order valence-electron chi connectivity index (χ3n) is 2.72. The molecule has 0 radical (unpaired) electrons. The highest BCUT2D eigenvalue weighted by molar-refractivity contribution is 7.98. The summed E-state index contributed by atoms with van der Waals surface area (Å²) in [7, 11) is 0. The number of rotatable bonds is 6. The highest BCUT2D eigenvalue weighted by Crippen LogP contribution is 2.16. The molecule has 0 spiro atoms. The minimum Gasteiger partial charge on any atom is -0.369 e. The van der Waals surface area contributed by atoms with Gasteiger partial charge in [0.1, 0.15) is 5.82 Å². The quantitative estimate of drug-likeness (QED) is 0.795. The van der Waals surface area contributed by atoms with Crippen LogP contribution in [0.25, 0.3) is 0 Å². The average molecular weight is 322 g/mol. The van der Waals surface area contributed by atoms with Crippen molar-refractivity contribution >= 4 is 40.8 Å². The van der Waals surface area contributed by atoms with Crippen LogP contribution in [0.2, 0.25) is 5.02 Å². The van der Waals surface area contributed by atoms with Gasteiger partial charge in [0, 0.05) is 29.2 Å². The number of hydrogen-bond donors (Lipinski definition) is 2. The maximum atomic E-state index is 12.1. The van der Waals surface area contributed by atoms with Crippen LogP contribution in [0, 0.1) is 0 Å². The Morgan fingerprint density at radius 1 is 1.33 bits per heavy atom. The van der Waals surface area contributed by atoms with Gasteiger partial charge in [-0.25, -0.2) is 4.98 Å². The third-order valence-corrected chi connectivity index (χ3v) is 3.57. The van der Waals surface area contributed by atoms with Crippen LogP contribution in [0.4, 0.5) is 11.5 Å². The third kappa shape index (κ3) is 4.95. The lowest BCUT2D eigenvalue weighted by molar-refractivity contribution is 0.102. The molecule has 0 aliphatic rings. The smallest absolute Gasteiger partial charge is 0.257 e. The van der Waals surface area contributed by atoms with Gasteiger partial charge >= 0.3 is 0 Å². The Hall–Kier alpha value is -1.72. The minimum atomic E-state index is -0.208. The van der Waals surface area contributed by atoms with Crippen molar-refractivity contribution in [2.75, 3.05) is 29.2 Å². The van der Waals surface area contributed by atoms with Gasteiger partial charge < -0.3 is 10.6 Å². The molecule has 0 aliphatic carbocycles. The van der Waals surface area contributed by atoms with Gasteiger partial charge in [0.2, 0.25) is 0 Å². The molecule has 110 valence electrons. The molecule has 2 rings (SSSR count). The van der Waals surface area contributed by atoms with Crippen LogP contribution in [0.1, 0.15) is 10.4 Å². The number of halogens is 1. The van der Waals surface area contributed by atoms with Gasteiger partial charge in [-0.05, 0) is 36.6 Å². The molecule has 1 aromatic heterocycles. The summed E-state index contributed by atoms with van der Waals surface area (Å²) in [6.07, 6.45) is 3.61. The van der Waals surface area contributed by atoms with Crippen molar-refractivity contribution in [3.05, 3.63) is 53.2 Å². The molecular weight excluding hydrogens is 306 g/mol. The number of thioether (sulfide) groups is 1. The summed E-state index contributed by atoms with van der Waals surface area (Å²) in [5.74, 6) is 1.57. The molecule has 1 amide bonds. The van der Waals surface area contributed by atoms with Crippen molar-refractivity contribution in [1.82, 2.24) is 4.98 Å². The molecule has 0 aliphatic heterocycles. The second-order valence-electron chi connectivity index (χ2n) is 4.32. The van der Waals surface area contributed by atoms with Crippen LogP contribution in [-0.2, 0) is 0 Å². The number of aromatic nitrogens is 1. The predicted molar refractivity (Wildman–Crippen MR) is 90.5 cm³/mol.